The van der Waals surface area contributed by atoms with E-state index in [-0.39, 0.29) is 6.04 Å². The summed E-state index contributed by atoms with van der Waals surface area (Å²) in [7, 11) is 4.25. The third-order valence-corrected chi connectivity index (χ3v) is 3.84. The van der Waals surface area contributed by atoms with Gasteiger partial charge in [-0.15, -0.1) is 0 Å². The highest BCUT2D eigenvalue weighted by molar-refractivity contribution is 5.45. The van der Waals surface area contributed by atoms with Gasteiger partial charge in [0.05, 0.1) is 17.6 Å². The number of likely N-dealkylation sites (N-methyl/N-ethyl adjacent to an activating group) is 1. The summed E-state index contributed by atoms with van der Waals surface area (Å²) >= 11 is 0. The maximum atomic E-state index is 5.83. The van der Waals surface area contributed by atoms with Crippen LogP contribution in [0.1, 0.15) is 18.7 Å². The topological polar surface area (TPSA) is 48.6 Å². The molecule has 2 heterocycles. The Balaban J connectivity index is 1.84. The van der Waals surface area contributed by atoms with Crippen LogP contribution in [0.25, 0.3) is 0 Å². The lowest BCUT2D eigenvalue weighted by atomic mass is 10.2. The fourth-order valence-electron chi connectivity index (χ4n) is 2.43. The molecular weight excluding hydrogens is 250 g/mol. The predicted molar refractivity (Wildman–Crippen MR) is 84.0 cm³/mol. The van der Waals surface area contributed by atoms with Crippen LogP contribution in [-0.2, 0) is 0 Å². The minimum atomic E-state index is 0.00642. The van der Waals surface area contributed by atoms with Crippen LogP contribution in [-0.4, -0.2) is 68.1 Å². The Morgan fingerprint density at radius 1 is 1.25 bits per heavy atom. The molecule has 0 radical (unpaired) electrons. The van der Waals surface area contributed by atoms with E-state index in [9.17, 15) is 0 Å². The van der Waals surface area contributed by atoms with Gasteiger partial charge in [-0.05, 0) is 33.2 Å². The van der Waals surface area contributed by atoms with Crippen LogP contribution in [0.5, 0.6) is 0 Å². The molecule has 1 aromatic heterocycles. The number of anilines is 1. The van der Waals surface area contributed by atoms with Crippen LogP contribution in [0.3, 0.4) is 0 Å². The molecule has 0 spiro atoms. The zero-order chi connectivity index (χ0) is 14.5. The van der Waals surface area contributed by atoms with Gasteiger partial charge in [0.1, 0.15) is 0 Å². The van der Waals surface area contributed by atoms with Gasteiger partial charge in [-0.25, -0.2) is 0 Å². The van der Waals surface area contributed by atoms with E-state index in [0.29, 0.717) is 0 Å². The Bertz CT molecular complexity index is 393. The van der Waals surface area contributed by atoms with Crippen molar-refractivity contribution < 1.29 is 0 Å². The van der Waals surface area contributed by atoms with Crippen molar-refractivity contribution in [2.75, 3.05) is 58.3 Å². The number of hydrogen-bond acceptors (Lipinski definition) is 5. The maximum absolute atomic E-state index is 5.83. The van der Waals surface area contributed by atoms with Gasteiger partial charge >= 0.3 is 0 Å². The van der Waals surface area contributed by atoms with Crippen LogP contribution < -0.4 is 10.6 Å². The van der Waals surface area contributed by atoms with Gasteiger partial charge in [-0.3, -0.25) is 9.88 Å². The summed E-state index contributed by atoms with van der Waals surface area (Å²) in [6.45, 7) is 8.66. The second-order valence-electron chi connectivity index (χ2n) is 5.86. The molecule has 0 aromatic carbocycles. The Morgan fingerprint density at radius 3 is 2.45 bits per heavy atom. The Kier molecular flexibility index (Phi) is 5.34. The van der Waals surface area contributed by atoms with Crippen LogP contribution in [0.15, 0.2) is 18.3 Å². The highest BCUT2D eigenvalue weighted by atomic mass is 15.3. The van der Waals surface area contributed by atoms with E-state index in [1.807, 2.05) is 19.2 Å². The molecule has 112 valence electrons. The number of nitrogens with zero attached hydrogens (tertiary/aromatic N) is 4. The summed E-state index contributed by atoms with van der Waals surface area (Å²) in [5.41, 5.74) is 8.00. The molecule has 0 bridgehead atoms. The molecule has 1 fully saturated rings. The molecule has 0 aliphatic carbocycles. The van der Waals surface area contributed by atoms with Gasteiger partial charge in [0.15, 0.2) is 0 Å². The van der Waals surface area contributed by atoms with Crippen molar-refractivity contribution in [1.82, 2.24) is 14.8 Å². The molecule has 0 saturated carbocycles. The quantitative estimate of drug-likeness (QED) is 0.862. The van der Waals surface area contributed by atoms with Crippen LogP contribution >= 0.6 is 0 Å². The van der Waals surface area contributed by atoms with Crippen molar-refractivity contribution in [3.05, 3.63) is 24.0 Å². The molecule has 2 N–H and O–H groups in total. The number of piperazine rings is 1. The van der Waals surface area contributed by atoms with Gasteiger partial charge in [-0.2, -0.15) is 0 Å². The van der Waals surface area contributed by atoms with E-state index in [0.717, 1.165) is 45.0 Å². The number of nitrogens with two attached hydrogens (primary N) is 1. The van der Waals surface area contributed by atoms with Crippen molar-refractivity contribution in [2.24, 2.45) is 5.73 Å². The van der Waals surface area contributed by atoms with E-state index in [1.165, 1.54) is 5.69 Å². The monoisotopic (exact) mass is 277 g/mol. The standard InChI is InChI=1S/C15H27N5/c1-13(16)15-5-4-14(12-17-15)20-10-8-19(9-11-20)7-6-18(2)3/h4-5,12-13H,6-11,16H2,1-3H3/t13-/m1/s1. The smallest absolute Gasteiger partial charge is 0.0569 e. The lowest BCUT2D eigenvalue weighted by Gasteiger charge is -2.36. The molecule has 0 unspecified atom stereocenters. The third-order valence-electron chi connectivity index (χ3n) is 3.84. The van der Waals surface area contributed by atoms with E-state index in [2.05, 4.69) is 39.8 Å². The number of pyridine rings is 1. The van der Waals surface area contributed by atoms with Gasteiger partial charge in [0.25, 0.3) is 0 Å². The van der Waals surface area contributed by atoms with Crippen LogP contribution in [0.4, 0.5) is 5.69 Å². The van der Waals surface area contributed by atoms with Crippen molar-refractivity contribution in [3.63, 3.8) is 0 Å². The fraction of sp³-hybridized carbons (Fsp3) is 0.667. The second kappa shape index (κ2) is 7.02. The molecule has 1 aliphatic heterocycles. The first-order valence-electron chi connectivity index (χ1n) is 7.40. The molecule has 20 heavy (non-hydrogen) atoms. The molecule has 1 aromatic rings. The second-order valence-corrected chi connectivity index (χ2v) is 5.86. The van der Waals surface area contributed by atoms with Gasteiger partial charge in [0, 0.05) is 45.3 Å². The molecule has 0 amide bonds. The summed E-state index contributed by atoms with van der Waals surface area (Å²) in [5, 5.41) is 0. The van der Waals surface area contributed by atoms with Crippen molar-refractivity contribution in [3.8, 4) is 0 Å². The van der Waals surface area contributed by atoms with Crippen molar-refractivity contribution >= 4 is 5.69 Å². The third kappa shape index (κ3) is 4.16. The Labute approximate surface area is 122 Å². The molecule has 1 atom stereocenters. The summed E-state index contributed by atoms with van der Waals surface area (Å²) < 4.78 is 0. The largest absolute Gasteiger partial charge is 0.368 e. The van der Waals surface area contributed by atoms with E-state index in [1.54, 1.807) is 0 Å². The predicted octanol–water partition coefficient (Wildman–Crippen LogP) is 0.785. The lowest BCUT2D eigenvalue weighted by molar-refractivity contribution is 0.229. The molecule has 5 heteroatoms. The van der Waals surface area contributed by atoms with Gasteiger partial charge < -0.3 is 15.5 Å². The van der Waals surface area contributed by atoms with E-state index in [4.69, 9.17) is 5.73 Å². The zero-order valence-electron chi connectivity index (χ0n) is 12.9. The van der Waals surface area contributed by atoms with Crippen molar-refractivity contribution in [2.45, 2.75) is 13.0 Å². The first-order chi connectivity index (χ1) is 9.56. The number of rotatable bonds is 5. The normalized spacial score (nSPS) is 18.6. The first-order valence-corrected chi connectivity index (χ1v) is 7.40. The van der Waals surface area contributed by atoms with Gasteiger partial charge in [-0.1, -0.05) is 0 Å². The Morgan fingerprint density at radius 2 is 1.95 bits per heavy atom. The summed E-state index contributed by atoms with van der Waals surface area (Å²) in [6, 6.07) is 4.19. The van der Waals surface area contributed by atoms with Crippen molar-refractivity contribution in [1.29, 1.82) is 0 Å². The zero-order valence-corrected chi connectivity index (χ0v) is 12.9. The summed E-state index contributed by atoms with van der Waals surface area (Å²) in [6.07, 6.45) is 1.95. The number of hydrogen-bond donors (Lipinski definition) is 1. The molecule has 2 rings (SSSR count). The van der Waals surface area contributed by atoms with Gasteiger partial charge in [0.2, 0.25) is 0 Å². The minimum absolute atomic E-state index is 0.00642. The molecule has 5 nitrogen and oxygen atoms in total. The minimum Gasteiger partial charge on any atom is -0.368 e. The summed E-state index contributed by atoms with van der Waals surface area (Å²) in [5.74, 6) is 0. The molecule has 1 saturated heterocycles. The fourth-order valence-corrected chi connectivity index (χ4v) is 2.43. The average molecular weight is 277 g/mol. The van der Waals surface area contributed by atoms with E-state index < -0.39 is 0 Å². The SMILES string of the molecule is C[C@@H](N)c1ccc(N2CCN(CCN(C)C)CC2)cn1. The molecular formula is C15H27N5. The Hall–Kier alpha value is -1.17. The molecule has 1 aliphatic rings. The highest BCUT2D eigenvalue weighted by Gasteiger charge is 2.17. The number of aromatic nitrogens is 1. The lowest BCUT2D eigenvalue weighted by Crippen LogP contribution is -2.48. The average Bonchev–Trinajstić information content (AvgIpc) is 2.46. The first kappa shape index (κ1) is 15.2. The maximum Gasteiger partial charge on any atom is 0.0569 e. The highest BCUT2D eigenvalue weighted by Crippen LogP contribution is 2.17. The van der Waals surface area contributed by atoms with Crippen LogP contribution in [0, 0.1) is 0 Å². The van der Waals surface area contributed by atoms with E-state index >= 15 is 0 Å². The van der Waals surface area contributed by atoms with Crippen LogP contribution in [0.2, 0.25) is 0 Å². The summed E-state index contributed by atoms with van der Waals surface area (Å²) in [4.78, 5) is 11.6.